The second-order valence-corrected chi connectivity index (χ2v) is 2.63. The molecule has 0 heterocycles. The van der Waals surface area contributed by atoms with E-state index in [2.05, 4.69) is 6.58 Å². The Kier molecular flexibility index (Phi) is 4.88. The van der Waals surface area contributed by atoms with E-state index in [1.807, 2.05) is 0 Å². The maximum Gasteiger partial charge on any atom is 0.126 e. The Labute approximate surface area is 72.1 Å². The Morgan fingerprint density at radius 3 is 2.45 bits per heavy atom. The molecule has 0 atom stereocenters. The maximum atomic E-state index is 12.9. The van der Waals surface area contributed by atoms with Crippen LogP contribution in [0, 0.1) is 0 Å². The molecule has 0 fully saturated rings. The van der Waals surface area contributed by atoms with Crippen molar-refractivity contribution in [3.63, 3.8) is 0 Å². The van der Waals surface area contributed by atoms with Crippen molar-refractivity contribution in [2.45, 2.75) is 13.8 Å². The normalized spacial score (nSPS) is 14.4. The molecule has 0 aliphatic heterocycles. The minimum Gasteiger partial charge on any atom is -0.207 e. The molecule has 0 N–H and O–H groups in total. The number of hydrogen-bond donors (Lipinski definition) is 0. The lowest BCUT2D eigenvalue weighted by Crippen LogP contribution is -1.79. The highest BCUT2D eigenvalue weighted by atomic mass is 35.5. The van der Waals surface area contributed by atoms with Gasteiger partial charge in [0.25, 0.3) is 0 Å². The summed E-state index contributed by atoms with van der Waals surface area (Å²) in [7, 11) is 0. The first-order chi connectivity index (χ1) is 5.11. The molecular formula is C9H12ClF. The van der Waals surface area contributed by atoms with E-state index >= 15 is 0 Å². The molecule has 0 nitrogen and oxygen atoms in total. The second kappa shape index (κ2) is 5.14. The highest BCUT2D eigenvalue weighted by Crippen LogP contribution is 2.11. The molecule has 0 saturated carbocycles. The van der Waals surface area contributed by atoms with Crippen molar-refractivity contribution >= 4 is 11.6 Å². The van der Waals surface area contributed by atoms with Gasteiger partial charge in [0.05, 0.1) is 0 Å². The van der Waals surface area contributed by atoms with Gasteiger partial charge in [0.2, 0.25) is 0 Å². The van der Waals surface area contributed by atoms with Crippen molar-refractivity contribution in [3.8, 4) is 0 Å². The number of hydrogen-bond acceptors (Lipinski definition) is 0. The molecule has 2 heteroatoms. The molecular weight excluding hydrogens is 163 g/mol. The van der Waals surface area contributed by atoms with E-state index in [9.17, 15) is 4.39 Å². The predicted molar refractivity (Wildman–Crippen MR) is 48.5 cm³/mol. The van der Waals surface area contributed by atoms with E-state index in [1.165, 1.54) is 12.2 Å². The Morgan fingerprint density at radius 2 is 2.09 bits per heavy atom. The lowest BCUT2D eigenvalue weighted by atomic mass is 10.2. The van der Waals surface area contributed by atoms with Crippen molar-refractivity contribution in [1.29, 1.82) is 0 Å². The van der Waals surface area contributed by atoms with E-state index < -0.39 is 0 Å². The van der Waals surface area contributed by atoms with Crippen molar-refractivity contribution in [2.24, 2.45) is 0 Å². The summed E-state index contributed by atoms with van der Waals surface area (Å²) in [4.78, 5) is 0. The zero-order chi connectivity index (χ0) is 8.85. The summed E-state index contributed by atoms with van der Waals surface area (Å²) in [6.45, 7) is 6.90. The minimum atomic E-state index is -0.266. The van der Waals surface area contributed by atoms with Gasteiger partial charge in [-0.25, -0.2) is 4.39 Å². The second-order valence-electron chi connectivity index (χ2n) is 2.36. The standard InChI is InChI=1S/C9H12ClF/c1-4-8(3)9(11)5-7(2)6-10/h4-5H,1,6H2,2-3H3. The Balaban J connectivity index is 4.49. The minimum absolute atomic E-state index is 0.266. The van der Waals surface area contributed by atoms with E-state index in [4.69, 9.17) is 11.6 Å². The molecule has 0 radical (unpaired) electrons. The molecule has 0 aliphatic rings. The summed E-state index contributed by atoms with van der Waals surface area (Å²) in [6, 6.07) is 0. The smallest absolute Gasteiger partial charge is 0.126 e. The van der Waals surface area contributed by atoms with Crippen LogP contribution in [-0.2, 0) is 0 Å². The third-order valence-corrected chi connectivity index (χ3v) is 1.69. The molecule has 0 bridgehead atoms. The van der Waals surface area contributed by atoms with Crippen molar-refractivity contribution in [3.05, 3.63) is 35.7 Å². The summed E-state index contributed by atoms with van der Waals surface area (Å²) < 4.78 is 12.9. The van der Waals surface area contributed by atoms with Gasteiger partial charge in [-0.05, 0) is 25.5 Å². The van der Waals surface area contributed by atoms with Crippen molar-refractivity contribution in [2.75, 3.05) is 5.88 Å². The van der Waals surface area contributed by atoms with Crippen LogP contribution < -0.4 is 0 Å². The van der Waals surface area contributed by atoms with Crippen molar-refractivity contribution < 1.29 is 4.39 Å². The van der Waals surface area contributed by atoms with Crippen LogP contribution in [0.2, 0.25) is 0 Å². The first-order valence-electron chi connectivity index (χ1n) is 3.33. The molecule has 0 aromatic heterocycles. The number of allylic oxidation sites excluding steroid dienone is 5. The van der Waals surface area contributed by atoms with Crippen LogP contribution in [0.15, 0.2) is 35.7 Å². The van der Waals surface area contributed by atoms with Gasteiger partial charge >= 0.3 is 0 Å². The highest BCUT2D eigenvalue weighted by molar-refractivity contribution is 6.19. The lowest BCUT2D eigenvalue weighted by molar-refractivity contribution is 0.656. The number of rotatable bonds is 3. The fraction of sp³-hybridized carbons (Fsp3) is 0.333. The van der Waals surface area contributed by atoms with Crippen LogP contribution in [0.1, 0.15) is 13.8 Å². The lowest BCUT2D eigenvalue weighted by Gasteiger charge is -1.94. The molecule has 0 unspecified atom stereocenters. The SMILES string of the molecule is C=CC(C)=C(F)C=C(C)CCl. The van der Waals surface area contributed by atoms with Gasteiger partial charge in [0.1, 0.15) is 5.83 Å². The van der Waals surface area contributed by atoms with Gasteiger partial charge in [-0.15, -0.1) is 11.6 Å². The van der Waals surface area contributed by atoms with Gasteiger partial charge in [-0.1, -0.05) is 18.2 Å². The number of alkyl halides is 1. The van der Waals surface area contributed by atoms with Crippen LogP contribution in [0.5, 0.6) is 0 Å². The van der Waals surface area contributed by atoms with Crippen LogP contribution >= 0.6 is 11.6 Å². The molecule has 0 spiro atoms. The highest BCUT2D eigenvalue weighted by Gasteiger charge is 1.94. The van der Waals surface area contributed by atoms with Gasteiger partial charge in [-0.2, -0.15) is 0 Å². The third-order valence-electron chi connectivity index (χ3n) is 1.27. The molecule has 0 amide bonds. The first kappa shape index (κ1) is 10.4. The zero-order valence-corrected chi connectivity index (χ0v) is 7.58. The van der Waals surface area contributed by atoms with Crippen LogP contribution in [0.4, 0.5) is 4.39 Å². The average Bonchev–Trinajstić information content (AvgIpc) is 2.02. The Bertz CT molecular complexity index is 202. The topological polar surface area (TPSA) is 0 Å². The van der Waals surface area contributed by atoms with E-state index in [0.29, 0.717) is 11.5 Å². The monoisotopic (exact) mass is 174 g/mol. The van der Waals surface area contributed by atoms with Gasteiger partial charge in [0, 0.05) is 5.88 Å². The average molecular weight is 175 g/mol. The van der Waals surface area contributed by atoms with E-state index in [-0.39, 0.29) is 5.83 Å². The summed E-state index contributed by atoms with van der Waals surface area (Å²) >= 11 is 5.46. The Hall–Kier alpha value is -0.560. The van der Waals surface area contributed by atoms with E-state index in [1.54, 1.807) is 13.8 Å². The van der Waals surface area contributed by atoms with Crippen LogP contribution in [0.25, 0.3) is 0 Å². The molecule has 0 saturated heterocycles. The fourth-order valence-corrected chi connectivity index (χ4v) is 0.543. The Morgan fingerprint density at radius 1 is 1.55 bits per heavy atom. The summed E-state index contributed by atoms with van der Waals surface area (Å²) in [5, 5.41) is 0. The first-order valence-corrected chi connectivity index (χ1v) is 3.87. The molecule has 0 aliphatic carbocycles. The van der Waals surface area contributed by atoms with Gasteiger partial charge in [0.15, 0.2) is 0 Å². The fourth-order valence-electron chi connectivity index (χ4n) is 0.466. The largest absolute Gasteiger partial charge is 0.207 e. The zero-order valence-electron chi connectivity index (χ0n) is 6.82. The summed E-state index contributed by atoms with van der Waals surface area (Å²) in [5.74, 6) is 0.0934. The summed E-state index contributed by atoms with van der Waals surface area (Å²) in [5.41, 5.74) is 1.35. The van der Waals surface area contributed by atoms with Crippen LogP contribution in [-0.4, -0.2) is 5.88 Å². The quantitative estimate of drug-likeness (QED) is 0.453. The summed E-state index contributed by atoms with van der Waals surface area (Å²) in [6.07, 6.45) is 2.90. The molecule has 0 aromatic rings. The molecule has 0 aromatic carbocycles. The number of halogens is 2. The van der Waals surface area contributed by atoms with E-state index in [0.717, 1.165) is 5.57 Å². The maximum absolute atomic E-state index is 12.9. The molecule has 0 rings (SSSR count). The van der Waals surface area contributed by atoms with Gasteiger partial charge < -0.3 is 0 Å². The predicted octanol–water partition coefficient (Wildman–Crippen LogP) is 3.60. The molecule has 62 valence electrons. The third kappa shape index (κ3) is 3.99. The van der Waals surface area contributed by atoms with Crippen molar-refractivity contribution in [1.82, 2.24) is 0 Å². The van der Waals surface area contributed by atoms with Gasteiger partial charge in [-0.3, -0.25) is 0 Å². The molecule has 11 heavy (non-hydrogen) atoms. The van der Waals surface area contributed by atoms with Crippen LogP contribution in [0.3, 0.4) is 0 Å².